The molecule has 0 saturated carbocycles. The molecule has 0 N–H and O–H groups in total. The van der Waals surface area contributed by atoms with Crippen molar-refractivity contribution in [3.8, 4) is 5.75 Å². The molecule has 0 bridgehead atoms. The number of carbonyl (C=O) groups excluding carboxylic acids is 1. The van der Waals surface area contributed by atoms with E-state index in [1.54, 1.807) is 41.7 Å². The Labute approximate surface area is 146 Å². The van der Waals surface area contributed by atoms with Gasteiger partial charge in [0.15, 0.2) is 4.34 Å². The molecule has 0 unspecified atom stereocenters. The van der Waals surface area contributed by atoms with Crippen LogP contribution in [0.4, 0.5) is 0 Å². The average molecular weight is 359 g/mol. The first kappa shape index (κ1) is 16.5. The number of thiazole rings is 1. The predicted molar refractivity (Wildman–Crippen MR) is 92.8 cm³/mol. The number of rotatable bonds is 5. The lowest BCUT2D eigenvalue weighted by atomic mass is 10.2. The van der Waals surface area contributed by atoms with Gasteiger partial charge >= 0.3 is 5.97 Å². The second-order valence-corrected chi connectivity index (χ2v) is 6.95. The molecule has 0 spiro atoms. The Hall–Kier alpha value is -2.38. The number of aryl methyl sites for hydroxylation is 1. The van der Waals surface area contributed by atoms with Crippen LogP contribution in [0.2, 0.25) is 0 Å². The molecule has 0 amide bonds. The summed E-state index contributed by atoms with van der Waals surface area (Å²) in [5, 5.41) is 1.96. The van der Waals surface area contributed by atoms with Crippen molar-refractivity contribution in [1.29, 1.82) is 0 Å². The number of esters is 1. The van der Waals surface area contributed by atoms with Gasteiger partial charge in [0.2, 0.25) is 11.2 Å². The van der Waals surface area contributed by atoms with Crippen molar-refractivity contribution >= 4 is 29.1 Å². The Morgan fingerprint density at radius 3 is 2.79 bits per heavy atom. The molecule has 0 aliphatic rings. The molecule has 0 aliphatic heterocycles. The molecule has 3 rings (SSSR count). The number of aromatic nitrogens is 1. The maximum absolute atomic E-state index is 12.1. The van der Waals surface area contributed by atoms with Gasteiger partial charge in [-0.2, -0.15) is 0 Å². The van der Waals surface area contributed by atoms with E-state index in [2.05, 4.69) is 4.98 Å². The Kier molecular flexibility index (Phi) is 5.12. The summed E-state index contributed by atoms with van der Waals surface area (Å²) in [6, 6.07) is 9.80. The highest BCUT2D eigenvalue weighted by molar-refractivity contribution is 8.00. The molecule has 0 atom stereocenters. The zero-order valence-corrected chi connectivity index (χ0v) is 14.4. The summed E-state index contributed by atoms with van der Waals surface area (Å²) < 4.78 is 11.4. The van der Waals surface area contributed by atoms with Crippen LogP contribution in [0, 0.1) is 6.92 Å². The number of ether oxygens (including phenoxy) is 1. The van der Waals surface area contributed by atoms with Gasteiger partial charge in [0.1, 0.15) is 12.0 Å². The summed E-state index contributed by atoms with van der Waals surface area (Å²) in [5.41, 5.74) is 0.944. The highest BCUT2D eigenvalue weighted by Crippen LogP contribution is 2.26. The molecule has 0 fully saturated rings. The molecule has 0 radical (unpaired) electrons. The van der Waals surface area contributed by atoms with Crippen LogP contribution in [0.15, 0.2) is 61.6 Å². The van der Waals surface area contributed by atoms with E-state index in [1.807, 2.05) is 12.3 Å². The molecule has 2 heterocycles. The normalized spacial score (nSPS) is 10.5. The van der Waals surface area contributed by atoms with Crippen LogP contribution in [0.3, 0.4) is 0 Å². The number of benzene rings is 1. The van der Waals surface area contributed by atoms with E-state index in [0.717, 1.165) is 10.0 Å². The van der Waals surface area contributed by atoms with Crippen LogP contribution < -0.4 is 10.2 Å². The monoisotopic (exact) mass is 359 g/mol. The second-order valence-electron chi connectivity index (χ2n) is 4.87. The molecular weight excluding hydrogens is 346 g/mol. The minimum absolute atomic E-state index is 0.123. The third kappa shape index (κ3) is 4.12. The Bertz CT molecular complexity index is 902. The van der Waals surface area contributed by atoms with E-state index in [4.69, 9.17) is 9.15 Å². The largest absolute Gasteiger partial charge is 0.464 e. The van der Waals surface area contributed by atoms with Crippen LogP contribution in [0.25, 0.3) is 0 Å². The second kappa shape index (κ2) is 7.46. The molecule has 1 aromatic carbocycles. The number of carbonyl (C=O) groups is 1. The van der Waals surface area contributed by atoms with Gasteiger partial charge in [-0.05, 0) is 19.1 Å². The molecule has 122 valence electrons. The van der Waals surface area contributed by atoms with Gasteiger partial charge in [0.25, 0.3) is 0 Å². The fraction of sp³-hybridized carbons (Fsp3) is 0.118. The summed E-state index contributed by atoms with van der Waals surface area (Å²) in [6.45, 7) is 1.93. The fourth-order valence-corrected chi connectivity index (χ4v) is 3.59. The first-order valence-corrected chi connectivity index (χ1v) is 8.92. The zero-order chi connectivity index (χ0) is 16.9. The van der Waals surface area contributed by atoms with E-state index in [-0.39, 0.29) is 5.75 Å². The molecule has 7 heteroatoms. The van der Waals surface area contributed by atoms with Gasteiger partial charge in [-0.1, -0.05) is 30.0 Å². The smallest absolute Gasteiger partial charge is 0.343 e. The number of hydrogen-bond donors (Lipinski definition) is 0. The standard InChI is InChI=1S/C17H13NO4S2/c1-11-9-23-17(18-11)24-10-13-7-14(19)15(8-21-13)22-16(20)12-5-3-2-4-6-12/h2-9H,10H2,1H3. The van der Waals surface area contributed by atoms with Crippen LogP contribution in [0.5, 0.6) is 5.75 Å². The zero-order valence-electron chi connectivity index (χ0n) is 12.7. The summed E-state index contributed by atoms with van der Waals surface area (Å²) in [6.07, 6.45) is 1.17. The first-order chi connectivity index (χ1) is 11.6. The van der Waals surface area contributed by atoms with Crippen LogP contribution >= 0.6 is 23.1 Å². The molecule has 0 saturated heterocycles. The quantitative estimate of drug-likeness (QED) is 0.508. The summed E-state index contributed by atoms with van der Waals surface area (Å²) in [4.78, 5) is 28.3. The summed E-state index contributed by atoms with van der Waals surface area (Å²) >= 11 is 3.03. The van der Waals surface area contributed by atoms with Crippen molar-refractivity contribution in [1.82, 2.24) is 4.98 Å². The number of hydrogen-bond acceptors (Lipinski definition) is 7. The van der Waals surface area contributed by atoms with Gasteiger partial charge < -0.3 is 9.15 Å². The van der Waals surface area contributed by atoms with Crippen molar-refractivity contribution in [2.75, 3.05) is 0 Å². The van der Waals surface area contributed by atoms with Gasteiger partial charge in [-0.3, -0.25) is 4.79 Å². The highest BCUT2D eigenvalue weighted by atomic mass is 32.2. The van der Waals surface area contributed by atoms with E-state index in [0.29, 0.717) is 17.1 Å². The van der Waals surface area contributed by atoms with Crippen LogP contribution in [0.1, 0.15) is 21.8 Å². The van der Waals surface area contributed by atoms with E-state index >= 15 is 0 Å². The van der Waals surface area contributed by atoms with Crippen molar-refractivity contribution in [3.05, 3.63) is 75.3 Å². The van der Waals surface area contributed by atoms with Gasteiger partial charge in [-0.15, -0.1) is 11.3 Å². The average Bonchev–Trinajstić information content (AvgIpc) is 3.01. The van der Waals surface area contributed by atoms with E-state index < -0.39 is 11.4 Å². The third-order valence-electron chi connectivity index (χ3n) is 3.00. The Morgan fingerprint density at radius 1 is 1.33 bits per heavy atom. The third-order valence-corrected chi connectivity index (χ3v) is 5.16. The molecular formula is C17H13NO4S2. The molecule has 3 aromatic rings. The fourth-order valence-electron chi connectivity index (χ4n) is 1.85. The van der Waals surface area contributed by atoms with Gasteiger partial charge in [0.05, 0.1) is 11.3 Å². The summed E-state index contributed by atoms with van der Waals surface area (Å²) in [5.74, 6) is 0.262. The molecule has 24 heavy (non-hydrogen) atoms. The molecule has 0 aliphatic carbocycles. The lowest BCUT2D eigenvalue weighted by Crippen LogP contribution is -2.14. The lowest BCUT2D eigenvalue weighted by Gasteiger charge is -2.04. The van der Waals surface area contributed by atoms with Gasteiger partial charge in [0, 0.05) is 17.1 Å². The Balaban J connectivity index is 1.66. The van der Waals surface area contributed by atoms with Crippen molar-refractivity contribution in [3.63, 3.8) is 0 Å². The van der Waals surface area contributed by atoms with E-state index in [1.165, 1.54) is 24.1 Å². The Morgan fingerprint density at radius 2 is 2.12 bits per heavy atom. The first-order valence-electron chi connectivity index (χ1n) is 7.06. The number of nitrogens with zero attached hydrogens (tertiary/aromatic N) is 1. The predicted octanol–water partition coefficient (Wildman–Crippen LogP) is 3.92. The maximum atomic E-state index is 12.1. The van der Waals surface area contributed by atoms with Crippen molar-refractivity contribution in [2.24, 2.45) is 0 Å². The maximum Gasteiger partial charge on any atom is 0.343 e. The SMILES string of the molecule is Cc1csc(SCc2cc(=O)c(OC(=O)c3ccccc3)co2)n1. The minimum Gasteiger partial charge on any atom is -0.464 e. The minimum atomic E-state index is -0.594. The summed E-state index contributed by atoms with van der Waals surface area (Å²) in [7, 11) is 0. The highest BCUT2D eigenvalue weighted by Gasteiger charge is 2.12. The topological polar surface area (TPSA) is 69.4 Å². The molecule has 2 aromatic heterocycles. The van der Waals surface area contributed by atoms with E-state index in [9.17, 15) is 9.59 Å². The van der Waals surface area contributed by atoms with Crippen molar-refractivity contribution in [2.45, 2.75) is 17.0 Å². The van der Waals surface area contributed by atoms with Crippen molar-refractivity contribution < 1.29 is 13.9 Å². The number of thioether (sulfide) groups is 1. The lowest BCUT2D eigenvalue weighted by molar-refractivity contribution is 0.0729. The van der Waals surface area contributed by atoms with Crippen LogP contribution in [-0.4, -0.2) is 11.0 Å². The van der Waals surface area contributed by atoms with Crippen LogP contribution in [-0.2, 0) is 5.75 Å². The van der Waals surface area contributed by atoms with Gasteiger partial charge in [-0.25, -0.2) is 9.78 Å². The molecule has 5 nitrogen and oxygen atoms in total.